The Kier molecular flexibility index (Phi) is 5.39. The first-order chi connectivity index (χ1) is 11.8. The van der Waals surface area contributed by atoms with Gasteiger partial charge in [0, 0.05) is 6.54 Å². The van der Waals surface area contributed by atoms with Crippen molar-refractivity contribution in [2.75, 3.05) is 12.4 Å². The van der Waals surface area contributed by atoms with E-state index in [2.05, 4.69) is 11.4 Å². The molecule has 0 fully saturated rings. The van der Waals surface area contributed by atoms with Crippen LogP contribution in [0.2, 0.25) is 0 Å². The summed E-state index contributed by atoms with van der Waals surface area (Å²) in [5, 5.41) is 11.4. The summed E-state index contributed by atoms with van der Waals surface area (Å²) < 4.78 is 5.22. The van der Waals surface area contributed by atoms with E-state index >= 15 is 0 Å². The summed E-state index contributed by atoms with van der Waals surface area (Å²) in [5.74, 6) is 1.68. The van der Waals surface area contributed by atoms with Gasteiger partial charge in [0.15, 0.2) is 6.61 Å². The topological polar surface area (TPSA) is 62.1 Å². The van der Waals surface area contributed by atoms with Gasteiger partial charge in [-0.25, -0.2) is 0 Å². The lowest BCUT2D eigenvalue weighted by Gasteiger charge is -2.24. The Bertz CT molecular complexity index is 753. The second kappa shape index (κ2) is 7.89. The van der Waals surface area contributed by atoms with Crippen LogP contribution in [-0.2, 0) is 17.8 Å². The summed E-state index contributed by atoms with van der Waals surface area (Å²) in [5.41, 5.74) is 3.41. The number of hydrogen-bond acceptors (Lipinski definition) is 4. The zero-order valence-corrected chi connectivity index (χ0v) is 14.0. The number of thioether (sulfide) groups is 1. The highest BCUT2D eigenvalue weighted by Crippen LogP contribution is 2.36. The maximum absolute atomic E-state index is 12.5. The number of fused-ring (bicyclic) bond motifs is 1. The highest BCUT2D eigenvalue weighted by Gasteiger charge is 2.26. The van der Waals surface area contributed by atoms with Crippen LogP contribution < -0.4 is 10.1 Å². The molecular formula is C19H18N2O2S. The maximum Gasteiger partial charge on any atom is 0.237 e. The van der Waals surface area contributed by atoms with E-state index in [0.29, 0.717) is 12.3 Å². The number of nitrogens with one attached hydrogen (secondary N) is 1. The average Bonchev–Trinajstić information content (AvgIpc) is 2.64. The molecule has 1 atom stereocenters. The Morgan fingerprint density at radius 3 is 2.83 bits per heavy atom. The number of aryl methyl sites for hydroxylation is 1. The number of amides is 1. The van der Waals surface area contributed by atoms with E-state index in [1.165, 1.54) is 5.56 Å². The fourth-order valence-corrected chi connectivity index (χ4v) is 3.93. The summed E-state index contributed by atoms with van der Waals surface area (Å²) in [4.78, 5) is 12.5. The number of nitriles is 1. The van der Waals surface area contributed by atoms with Gasteiger partial charge in [0.2, 0.25) is 5.91 Å². The highest BCUT2D eigenvalue weighted by atomic mass is 32.2. The minimum atomic E-state index is -0.131. The molecule has 0 radical (unpaired) electrons. The predicted molar refractivity (Wildman–Crippen MR) is 94.7 cm³/mol. The van der Waals surface area contributed by atoms with Crippen LogP contribution in [0.25, 0.3) is 0 Å². The van der Waals surface area contributed by atoms with Gasteiger partial charge >= 0.3 is 0 Å². The van der Waals surface area contributed by atoms with Crippen molar-refractivity contribution in [1.82, 2.24) is 5.32 Å². The second-order valence-electron chi connectivity index (χ2n) is 5.51. The fraction of sp³-hybridized carbons (Fsp3) is 0.263. The number of rotatable bonds is 5. The van der Waals surface area contributed by atoms with Crippen LogP contribution in [0.5, 0.6) is 5.75 Å². The Labute approximate surface area is 145 Å². The molecule has 0 spiro atoms. The summed E-state index contributed by atoms with van der Waals surface area (Å²) in [6.45, 7) is 0.519. The molecule has 2 aromatic carbocycles. The number of benzene rings is 2. The van der Waals surface area contributed by atoms with Crippen LogP contribution in [0.4, 0.5) is 0 Å². The van der Waals surface area contributed by atoms with E-state index in [9.17, 15) is 4.79 Å². The molecule has 1 aliphatic heterocycles. The zero-order valence-electron chi connectivity index (χ0n) is 13.2. The molecule has 0 aliphatic carbocycles. The summed E-state index contributed by atoms with van der Waals surface area (Å²) in [6, 6.07) is 17.5. The lowest BCUT2D eigenvalue weighted by Crippen LogP contribution is -2.29. The summed E-state index contributed by atoms with van der Waals surface area (Å²) in [6.07, 6.45) is 1.02. The number of nitrogens with zero attached hydrogens (tertiary/aromatic N) is 1. The lowest BCUT2D eigenvalue weighted by atomic mass is 10.0. The van der Waals surface area contributed by atoms with E-state index in [-0.39, 0.29) is 17.8 Å². The van der Waals surface area contributed by atoms with Crippen molar-refractivity contribution in [2.45, 2.75) is 18.2 Å². The van der Waals surface area contributed by atoms with Gasteiger partial charge in [-0.05, 0) is 41.0 Å². The average molecular weight is 338 g/mol. The van der Waals surface area contributed by atoms with E-state index in [1.807, 2.05) is 48.5 Å². The van der Waals surface area contributed by atoms with Crippen LogP contribution in [0.3, 0.4) is 0 Å². The fourth-order valence-electron chi connectivity index (χ4n) is 2.71. The van der Waals surface area contributed by atoms with Crippen molar-refractivity contribution in [3.63, 3.8) is 0 Å². The third kappa shape index (κ3) is 3.90. The molecule has 0 saturated heterocycles. The molecule has 1 aliphatic rings. The van der Waals surface area contributed by atoms with Crippen molar-refractivity contribution in [3.05, 3.63) is 65.2 Å². The molecule has 3 rings (SSSR count). The van der Waals surface area contributed by atoms with Crippen molar-refractivity contribution < 1.29 is 9.53 Å². The maximum atomic E-state index is 12.5. The molecule has 4 nitrogen and oxygen atoms in total. The van der Waals surface area contributed by atoms with Crippen LogP contribution in [0, 0.1) is 11.3 Å². The minimum absolute atomic E-state index is 0.0361. The van der Waals surface area contributed by atoms with Gasteiger partial charge in [-0.2, -0.15) is 5.26 Å². The van der Waals surface area contributed by atoms with Gasteiger partial charge < -0.3 is 10.1 Å². The lowest BCUT2D eigenvalue weighted by molar-refractivity contribution is -0.120. The van der Waals surface area contributed by atoms with Gasteiger partial charge in [0.1, 0.15) is 17.1 Å². The highest BCUT2D eigenvalue weighted by molar-refractivity contribution is 8.00. The molecule has 0 unspecified atom stereocenters. The van der Waals surface area contributed by atoms with Crippen LogP contribution >= 0.6 is 11.8 Å². The van der Waals surface area contributed by atoms with Gasteiger partial charge in [0.25, 0.3) is 0 Å². The SMILES string of the molecule is N#CCOc1ccc(CNC(=O)[C@H]2SCCc3ccccc32)cc1. The van der Waals surface area contributed by atoms with E-state index in [4.69, 9.17) is 10.00 Å². The summed E-state index contributed by atoms with van der Waals surface area (Å²) >= 11 is 1.70. The molecule has 1 amide bonds. The zero-order chi connectivity index (χ0) is 16.8. The van der Waals surface area contributed by atoms with E-state index < -0.39 is 0 Å². The van der Waals surface area contributed by atoms with Crippen LogP contribution in [0.15, 0.2) is 48.5 Å². The number of hydrogen-bond donors (Lipinski definition) is 1. The number of ether oxygens (including phenoxy) is 1. The molecule has 0 saturated carbocycles. The molecular weight excluding hydrogens is 320 g/mol. The van der Waals surface area contributed by atoms with Crippen LogP contribution in [-0.4, -0.2) is 18.3 Å². The number of carbonyl (C=O) groups is 1. The largest absolute Gasteiger partial charge is 0.479 e. The second-order valence-corrected chi connectivity index (χ2v) is 6.72. The first-order valence-electron chi connectivity index (χ1n) is 7.84. The minimum Gasteiger partial charge on any atom is -0.479 e. The molecule has 2 aromatic rings. The molecule has 0 aromatic heterocycles. The van der Waals surface area contributed by atoms with Crippen molar-refractivity contribution in [1.29, 1.82) is 5.26 Å². The van der Waals surface area contributed by atoms with Crippen LogP contribution in [0.1, 0.15) is 21.9 Å². The van der Waals surface area contributed by atoms with Gasteiger partial charge in [-0.15, -0.1) is 11.8 Å². The Hall–Kier alpha value is -2.45. The third-order valence-corrected chi connectivity index (χ3v) is 5.17. The Morgan fingerprint density at radius 1 is 1.25 bits per heavy atom. The quantitative estimate of drug-likeness (QED) is 0.909. The molecule has 5 heteroatoms. The Morgan fingerprint density at radius 2 is 2.04 bits per heavy atom. The summed E-state index contributed by atoms with van der Waals surface area (Å²) in [7, 11) is 0. The molecule has 0 bridgehead atoms. The van der Waals surface area contributed by atoms with Gasteiger partial charge in [0.05, 0.1) is 0 Å². The predicted octanol–water partition coefficient (Wildman–Crippen LogP) is 3.24. The monoisotopic (exact) mass is 338 g/mol. The molecule has 122 valence electrons. The number of carbonyl (C=O) groups excluding carboxylic acids is 1. The van der Waals surface area contributed by atoms with E-state index in [0.717, 1.165) is 23.3 Å². The van der Waals surface area contributed by atoms with Gasteiger partial charge in [-0.3, -0.25) is 4.79 Å². The first kappa shape index (κ1) is 16.4. The smallest absolute Gasteiger partial charge is 0.237 e. The third-order valence-electron chi connectivity index (χ3n) is 3.93. The first-order valence-corrected chi connectivity index (χ1v) is 8.88. The van der Waals surface area contributed by atoms with Crippen molar-refractivity contribution in [2.24, 2.45) is 0 Å². The standard InChI is InChI=1S/C19H18N2O2S/c20-10-11-23-16-7-5-14(6-8-16)13-21-19(22)18-17-4-2-1-3-15(17)9-12-24-18/h1-8,18H,9,11-13H2,(H,21,22)/t18-/m0/s1. The van der Waals surface area contributed by atoms with Gasteiger partial charge in [-0.1, -0.05) is 36.4 Å². The molecule has 1 heterocycles. The van der Waals surface area contributed by atoms with Crippen molar-refractivity contribution in [3.8, 4) is 11.8 Å². The van der Waals surface area contributed by atoms with E-state index in [1.54, 1.807) is 11.8 Å². The van der Waals surface area contributed by atoms with Crippen molar-refractivity contribution >= 4 is 17.7 Å². The normalized spacial score (nSPS) is 15.9. The Balaban J connectivity index is 1.59. The molecule has 1 N–H and O–H groups in total. The molecule has 24 heavy (non-hydrogen) atoms.